The van der Waals surface area contributed by atoms with Gasteiger partial charge in [0.15, 0.2) is 11.6 Å². The fourth-order valence-electron chi connectivity index (χ4n) is 5.36. The molecule has 2 saturated carbocycles. The van der Waals surface area contributed by atoms with Crippen molar-refractivity contribution in [2.75, 3.05) is 6.61 Å². The lowest BCUT2D eigenvalue weighted by molar-refractivity contribution is 0.156. The molecule has 2 fully saturated rings. The third-order valence-corrected chi connectivity index (χ3v) is 6.82. The first-order valence-electron chi connectivity index (χ1n) is 10.7. The summed E-state index contributed by atoms with van der Waals surface area (Å²) in [5.41, 5.74) is 0.914. The van der Waals surface area contributed by atoms with Gasteiger partial charge in [-0.15, -0.1) is 0 Å². The lowest BCUT2D eigenvalue weighted by Gasteiger charge is -2.38. The van der Waals surface area contributed by atoms with Gasteiger partial charge in [-0.3, -0.25) is 0 Å². The van der Waals surface area contributed by atoms with E-state index in [4.69, 9.17) is 4.74 Å². The van der Waals surface area contributed by atoms with E-state index >= 15 is 0 Å². The maximum absolute atomic E-state index is 13.9. The molecule has 0 aromatic heterocycles. The molecule has 0 amide bonds. The molecule has 1 aromatic rings. The van der Waals surface area contributed by atoms with Gasteiger partial charge in [0.05, 0.1) is 6.61 Å². The Labute approximate surface area is 157 Å². The van der Waals surface area contributed by atoms with E-state index in [1.165, 1.54) is 57.4 Å². The molecule has 0 aliphatic heterocycles. The maximum atomic E-state index is 13.9. The minimum atomic E-state index is -0.854. The molecule has 2 aliphatic rings. The van der Waals surface area contributed by atoms with Crippen LogP contribution >= 0.6 is 0 Å². The lowest BCUT2D eigenvalue weighted by Crippen LogP contribution is -2.25. The SMILES string of the molecule is CCC[C@H]1CC[C@H](C2CCC(c3cc(F)c(F)c(OCC)c3)CC2)CC1. The molecule has 146 valence electrons. The van der Waals surface area contributed by atoms with Crippen molar-refractivity contribution >= 4 is 0 Å². The van der Waals surface area contributed by atoms with E-state index in [2.05, 4.69) is 6.92 Å². The van der Waals surface area contributed by atoms with Crippen molar-refractivity contribution in [1.82, 2.24) is 0 Å². The van der Waals surface area contributed by atoms with Gasteiger partial charge in [-0.1, -0.05) is 32.6 Å². The van der Waals surface area contributed by atoms with Crippen LogP contribution in [0.3, 0.4) is 0 Å². The third-order valence-electron chi connectivity index (χ3n) is 6.82. The highest BCUT2D eigenvalue weighted by atomic mass is 19.2. The van der Waals surface area contributed by atoms with Gasteiger partial charge in [0.25, 0.3) is 0 Å². The average molecular weight is 365 g/mol. The molecule has 1 nitrogen and oxygen atoms in total. The zero-order chi connectivity index (χ0) is 18.5. The third kappa shape index (κ3) is 4.58. The molecule has 0 saturated heterocycles. The molecule has 0 bridgehead atoms. The second-order valence-electron chi connectivity index (χ2n) is 8.43. The Kier molecular flexibility index (Phi) is 6.94. The number of hydrogen-bond donors (Lipinski definition) is 0. The Bertz CT molecular complexity index is 570. The molecular formula is C23H34F2O. The van der Waals surface area contributed by atoms with Crippen molar-refractivity contribution in [3.8, 4) is 5.75 Å². The van der Waals surface area contributed by atoms with Crippen LogP contribution < -0.4 is 4.74 Å². The molecule has 3 rings (SSSR count). The number of ether oxygens (including phenoxy) is 1. The molecule has 1 aromatic carbocycles. The van der Waals surface area contributed by atoms with E-state index in [-0.39, 0.29) is 5.75 Å². The van der Waals surface area contributed by atoms with E-state index in [1.54, 1.807) is 13.0 Å². The number of rotatable bonds is 6. The fraction of sp³-hybridized carbons (Fsp3) is 0.739. The van der Waals surface area contributed by atoms with Gasteiger partial charge >= 0.3 is 0 Å². The van der Waals surface area contributed by atoms with Gasteiger partial charge in [-0.05, 0) is 86.8 Å². The molecule has 26 heavy (non-hydrogen) atoms. The zero-order valence-corrected chi connectivity index (χ0v) is 16.4. The molecule has 0 heterocycles. The second-order valence-corrected chi connectivity index (χ2v) is 8.43. The molecule has 3 heteroatoms. The van der Waals surface area contributed by atoms with Gasteiger partial charge in [-0.2, -0.15) is 4.39 Å². The van der Waals surface area contributed by atoms with E-state index < -0.39 is 11.6 Å². The Morgan fingerprint density at radius 1 is 0.885 bits per heavy atom. The highest BCUT2D eigenvalue weighted by Gasteiger charge is 2.31. The van der Waals surface area contributed by atoms with Crippen LogP contribution in [-0.2, 0) is 0 Å². The average Bonchev–Trinajstić information content (AvgIpc) is 2.66. The normalized spacial score (nSPS) is 29.5. The van der Waals surface area contributed by atoms with E-state index in [1.807, 2.05) is 0 Å². The fourth-order valence-corrected chi connectivity index (χ4v) is 5.36. The highest BCUT2D eigenvalue weighted by Crippen LogP contribution is 2.45. The van der Waals surface area contributed by atoms with Crippen molar-refractivity contribution in [2.24, 2.45) is 17.8 Å². The van der Waals surface area contributed by atoms with Gasteiger partial charge in [0, 0.05) is 0 Å². The van der Waals surface area contributed by atoms with Gasteiger partial charge in [-0.25, -0.2) is 4.39 Å². The molecule has 0 atom stereocenters. The summed E-state index contributed by atoms with van der Waals surface area (Å²) < 4.78 is 33.0. The number of halogens is 2. The second kappa shape index (κ2) is 9.19. The maximum Gasteiger partial charge on any atom is 0.200 e. The summed E-state index contributed by atoms with van der Waals surface area (Å²) in [6.45, 7) is 4.44. The molecule has 0 unspecified atom stereocenters. The van der Waals surface area contributed by atoms with Crippen LogP contribution in [-0.4, -0.2) is 6.61 Å². The van der Waals surface area contributed by atoms with Crippen LogP contribution in [0.2, 0.25) is 0 Å². The van der Waals surface area contributed by atoms with Gasteiger partial charge in [0.1, 0.15) is 0 Å². The summed E-state index contributed by atoms with van der Waals surface area (Å²) >= 11 is 0. The topological polar surface area (TPSA) is 9.23 Å². The van der Waals surface area contributed by atoms with Crippen molar-refractivity contribution in [2.45, 2.75) is 84.0 Å². The molecule has 0 N–H and O–H groups in total. The monoisotopic (exact) mass is 364 g/mol. The largest absolute Gasteiger partial charge is 0.491 e. The summed E-state index contributed by atoms with van der Waals surface area (Å²) in [6, 6.07) is 3.11. The Morgan fingerprint density at radius 3 is 2.08 bits per heavy atom. The van der Waals surface area contributed by atoms with Crippen molar-refractivity contribution < 1.29 is 13.5 Å². The van der Waals surface area contributed by atoms with Crippen LogP contribution in [0, 0.1) is 29.4 Å². The van der Waals surface area contributed by atoms with Crippen LogP contribution in [0.1, 0.15) is 89.5 Å². The van der Waals surface area contributed by atoms with Crippen LogP contribution in [0.5, 0.6) is 5.75 Å². The van der Waals surface area contributed by atoms with Crippen molar-refractivity contribution in [3.05, 3.63) is 29.3 Å². The summed E-state index contributed by atoms with van der Waals surface area (Å²) in [7, 11) is 0. The first kappa shape index (κ1) is 19.6. The molecule has 0 spiro atoms. The molecular weight excluding hydrogens is 330 g/mol. The van der Waals surface area contributed by atoms with E-state index in [9.17, 15) is 8.78 Å². The first-order valence-corrected chi connectivity index (χ1v) is 10.7. The quantitative estimate of drug-likeness (QED) is 0.517. The van der Waals surface area contributed by atoms with Crippen LogP contribution in [0.25, 0.3) is 0 Å². The standard InChI is InChI=1S/C23H34F2O/c1-3-5-16-6-8-17(9-7-16)18-10-12-19(13-11-18)20-14-21(24)23(25)22(15-20)26-4-2/h14-19H,3-13H2,1-2H3/t16-,17-,18?,19?. The van der Waals surface area contributed by atoms with Gasteiger partial charge < -0.3 is 4.74 Å². The Hall–Kier alpha value is -1.12. The molecule has 2 aliphatic carbocycles. The van der Waals surface area contributed by atoms with E-state index in [0.717, 1.165) is 36.2 Å². The number of benzene rings is 1. The Morgan fingerprint density at radius 2 is 1.50 bits per heavy atom. The summed E-state index contributed by atoms with van der Waals surface area (Å²) in [5, 5.41) is 0. The van der Waals surface area contributed by atoms with Crippen LogP contribution in [0.15, 0.2) is 12.1 Å². The van der Waals surface area contributed by atoms with Crippen molar-refractivity contribution in [3.63, 3.8) is 0 Å². The van der Waals surface area contributed by atoms with Crippen molar-refractivity contribution in [1.29, 1.82) is 0 Å². The minimum Gasteiger partial charge on any atom is -0.491 e. The summed E-state index contributed by atoms with van der Waals surface area (Å²) in [5.74, 6) is 1.48. The van der Waals surface area contributed by atoms with Gasteiger partial charge in [0.2, 0.25) is 5.82 Å². The summed E-state index contributed by atoms with van der Waals surface area (Å²) in [6.07, 6.45) is 13.0. The van der Waals surface area contributed by atoms with Crippen LogP contribution in [0.4, 0.5) is 8.78 Å². The Balaban J connectivity index is 1.56. The van der Waals surface area contributed by atoms with E-state index in [0.29, 0.717) is 12.5 Å². The minimum absolute atomic E-state index is 0.0684. The predicted octanol–water partition coefficient (Wildman–Crippen LogP) is 7.24. The highest BCUT2D eigenvalue weighted by molar-refractivity contribution is 5.34. The smallest absolute Gasteiger partial charge is 0.200 e. The lowest BCUT2D eigenvalue weighted by atomic mass is 9.68. The zero-order valence-electron chi connectivity index (χ0n) is 16.4. The summed E-state index contributed by atoms with van der Waals surface area (Å²) in [4.78, 5) is 0. The first-order chi connectivity index (χ1) is 12.6. The predicted molar refractivity (Wildman–Crippen MR) is 103 cm³/mol. The molecule has 0 radical (unpaired) electrons. The number of hydrogen-bond acceptors (Lipinski definition) is 1.